The van der Waals surface area contributed by atoms with Crippen molar-refractivity contribution in [1.82, 2.24) is 0 Å². The zero-order valence-electron chi connectivity index (χ0n) is 8.97. The third-order valence-electron chi connectivity index (χ3n) is 3.16. The minimum absolute atomic E-state index is 0.437. The Bertz CT molecular complexity index is 198. The van der Waals surface area contributed by atoms with E-state index < -0.39 is 0 Å². The predicted molar refractivity (Wildman–Crippen MR) is 55.6 cm³/mol. The van der Waals surface area contributed by atoms with Gasteiger partial charge in [-0.1, -0.05) is 26.3 Å². The molecule has 0 bridgehead atoms. The average Bonchev–Trinajstić information content (AvgIpc) is 2.04. The highest BCUT2D eigenvalue weighted by Crippen LogP contribution is 2.39. The lowest BCUT2D eigenvalue weighted by molar-refractivity contribution is -0.104. The quantitative estimate of drug-likeness (QED) is 0.447. The number of aldehydes is 1. The standard InChI is InChI=1S/C12H20O/c1-12(2,3)11-6-4-10(5-7-11)8-9-13/h8-9,11H,4-7H2,1-3H3. The fourth-order valence-electron chi connectivity index (χ4n) is 2.12. The summed E-state index contributed by atoms with van der Waals surface area (Å²) in [5.41, 5.74) is 1.78. The number of carbonyl (C=O) groups excluding carboxylic acids is 1. The van der Waals surface area contributed by atoms with E-state index in [1.54, 1.807) is 6.08 Å². The molecule has 0 N–H and O–H groups in total. The van der Waals surface area contributed by atoms with E-state index in [1.807, 2.05) is 0 Å². The van der Waals surface area contributed by atoms with Gasteiger partial charge in [-0.3, -0.25) is 4.79 Å². The van der Waals surface area contributed by atoms with Crippen molar-refractivity contribution >= 4 is 6.29 Å². The Kier molecular flexibility index (Phi) is 3.29. The number of hydrogen-bond donors (Lipinski definition) is 0. The third kappa shape index (κ3) is 2.98. The first kappa shape index (κ1) is 10.5. The maximum atomic E-state index is 10.3. The normalized spacial score (nSPS) is 24.2. The molecule has 0 saturated heterocycles. The van der Waals surface area contributed by atoms with Crippen LogP contribution in [0.3, 0.4) is 0 Å². The molecule has 74 valence electrons. The molecule has 1 rings (SSSR count). The van der Waals surface area contributed by atoms with Crippen molar-refractivity contribution in [3.63, 3.8) is 0 Å². The smallest absolute Gasteiger partial charge is 0.142 e. The SMILES string of the molecule is CC(C)(C)C1CCC(=CC=O)CC1. The van der Waals surface area contributed by atoms with Gasteiger partial charge in [0.05, 0.1) is 0 Å². The van der Waals surface area contributed by atoms with E-state index in [1.165, 1.54) is 18.4 Å². The summed E-state index contributed by atoms with van der Waals surface area (Å²) in [4.78, 5) is 10.3. The van der Waals surface area contributed by atoms with Gasteiger partial charge < -0.3 is 0 Å². The van der Waals surface area contributed by atoms with Crippen LogP contribution in [0.5, 0.6) is 0 Å². The Labute approximate surface area is 81.2 Å². The fourth-order valence-corrected chi connectivity index (χ4v) is 2.12. The van der Waals surface area contributed by atoms with E-state index in [9.17, 15) is 4.79 Å². The van der Waals surface area contributed by atoms with Gasteiger partial charge in [0.2, 0.25) is 0 Å². The van der Waals surface area contributed by atoms with Gasteiger partial charge in [-0.15, -0.1) is 0 Å². The first-order valence-electron chi connectivity index (χ1n) is 5.17. The van der Waals surface area contributed by atoms with Crippen LogP contribution in [0, 0.1) is 11.3 Å². The van der Waals surface area contributed by atoms with E-state index in [0.29, 0.717) is 5.41 Å². The van der Waals surface area contributed by atoms with Crippen molar-refractivity contribution < 1.29 is 4.79 Å². The molecule has 0 heterocycles. The monoisotopic (exact) mass is 180 g/mol. The van der Waals surface area contributed by atoms with Gasteiger partial charge in [-0.25, -0.2) is 0 Å². The molecule has 0 spiro atoms. The number of allylic oxidation sites excluding steroid dienone is 2. The minimum Gasteiger partial charge on any atom is -0.299 e. The molecule has 13 heavy (non-hydrogen) atoms. The Hall–Kier alpha value is -0.590. The van der Waals surface area contributed by atoms with Crippen molar-refractivity contribution in [2.45, 2.75) is 46.5 Å². The van der Waals surface area contributed by atoms with Crippen LogP contribution in [-0.4, -0.2) is 6.29 Å². The van der Waals surface area contributed by atoms with Crippen molar-refractivity contribution in [1.29, 1.82) is 0 Å². The number of hydrogen-bond acceptors (Lipinski definition) is 1. The Morgan fingerprint density at radius 3 is 2.15 bits per heavy atom. The molecule has 1 aliphatic carbocycles. The molecule has 1 saturated carbocycles. The maximum absolute atomic E-state index is 10.3. The molecule has 1 fully saturated rings. The van der Waals surface area contributed by atoms with Crippen molar-refractivity contribution in [3.05, 3.63) is 11.6 Å². The minimum atomic E-state index is 0.437. The molecule has 0 unspecified atom stereocenters. The van der Waals surface area contributed by atoms with Crippen LogP contribution in [0.1, 0.15) is 46.5 Å². The predicted octanol–water partition coefficient (Wildman–Crippen LogP) is 3.35. The molecule has 1 nitrogen and oxygen atoms in total. The lowest BCUT2D eigenvalue weighted by Crippen LogP contribution is -2.23. The van der Waals surface area contributed by atoms with Gasteiger partial charge in [0.15, 0.2) is 0 Å². The molecule has 0 atom stereocenters. The Morgan fingerprint density at radius 1 is 1.23 bits per heavy atom. The third-order valence-corrected chi connectivity index (χ3v) is 3.16. The van der Waals surface area contributed by atoms with Gasteiger partial charge >= 0.3 is 0 Å². The maximum Gasteiger partial charge on any atom is 0.142 e. The molecular formula is C12H20O. The zero-order valence-corrected chi connectivity index (χ0v) is 8.97. The molecule has 0 aliphatic heterocycles. The molecule has 0 radical (unpaired) electrons. The summed E-state index contributed by atoms with van der Waals surface area (Å²) >= 11 is 0. The summed E-state index contributed by atoms with van der Waals surface area (Å²) in [5.74, 6) is 0.830. The lowest BCUT2D eigenvalue weighted by atomic mass is 9.71. The summed E-state index contributed by atoms with van der Waals surface area (Å²) in [7, 11) is 0. The number of rotatable bonds is 1. The summed E-state index contributed by atoms with van der Waals surface area (Å²) in [6, 6.07) is 0. The molecule has 1 aliphatic rings. The van der Waals surface area contributed by atoms with Gasteiger partial charge in [-0.05, 0) is 43.1 Å². The molecular weight excluding hydrogens is 160 g/mol. The largest absolute Gasteiger partial charge is 0.299 e. The van der Waals surface area contributed by atoms with Crippen molar-refractivity contribution in [3.8, 4) is 0 Å². The zero-order chi connectivity index (χ0) is 9.90. The van der Waals surface area contributed by atoms with Crippen LogP contribution in [0.25, 0.3) is 0 Å². The van der Waals surface area contributed by atoms with Gasteiger partial charge in [0.25, 0.3) is 0 Å². The van der Waals surface area contributed by atoms with Crippen LogP contribution < -0.4 is 0 Å². The fraction of sp³-hybridized carbons (Fsp3) is 0.750. The second kappa shape index (κ2) is 4.08. The highest BCUT2D eigenvalue weighted by molar-refractivity contribution is 5.66. The van der Waals surface area contributed by atoms with Gasteiger partial charge in [0, 0.05) is 0 Å². The summed E-state index contributed by atoms with van der Waals surface area (Å²) in [6.45, 7) is 6.93. The molecule has 0 aromatic carbocycles. The van der Waals surface area contributed by atoms with E-state index >= 15 is 0 Å². The highest BCUT2D eigenvalue weighted by atomic mass is 16.1. The van der Waals surface area contributed by atoms with Gasteiger partial charge in [0.1, 0.15) is 6.29 Å². The molecule has 0 aromatic rings. The van der Waals surface area contributed by atoms with Crippen LogP contribution >= 0.6 is 0 Å². The number of carbonyl (C=O) groups is 1. The first-order chi connectivity index (χ1) is 6.04. The van der Waals surface area contributed by atoms with Crippen LogP contribution in [-0.2, 0) is 4.79 Å². The Balaban J connectivity index is 2.48. The topological polar surface area (TPSA) is 17.1 Å². The average molecular weight is 180 g/mol. The lowest BCUT2D eigenvalue weighted by Gasteiger charge is -2.34. The van der Waals surface area contributed by atoms with Crippen molar-refractivity contribution in [2.75, 3.05) is 0 Å². The van der Waals surface area contributed by atoms with E-state index in [2.05, 4.69) is 20.8 Å². The second-order valence-corrected chi connectivity index (χ2v) is 5.10. The van der Waals surface area contributed by atoms with Crippen LogP contribution in [0.2, 0.25) is 0 Å². The summed E-state index contributed by atoms with van der Waals surface area (Å²) < 4.78 is 0. The van der Waals surface area contributed by atoms with E-state index in [-0.39, 0.29) is 0 Å². The Morgan fingerprint density at radius 2 is 1.77 bits per heavy atom. The van der Waals surface area contributed by atoms with Crippen LogP contribution in [0.15, 0.2) is 11.6 Å². The molecule has 0 amide bonds. The van der Waals surface area contributed by atoms with Gasteiger partial charge in [-0.2, -0.15) is 0 Å². The first-order valence-corrected chi connectivity index (χ1v) is 5.17. The summed E-state index contributed by atoms with van der Waals surface area (Å²) in [6.07, 6.45) is 7.43. The van der Waals surface area contributed by atoms with E-state index in [4.69, 9.17) is 0 Å². The molecule has 1 heteroatoms. The second-order valence-electron chi connectivity index (χ2n) is 5.10. The highest BCUT2D eigenvalue weighted by Gasteiger charge is 2.27. The van der Waals surface area contributed by atoms with Crippen molar-refractivity contribution in [2.24, 2.45) is 11.3 Å². The van der Waals surface area contributed by atoms with Crippen LogP contribution in [0.4, 0.5) is 0 Å². The van der Waals surface area contributed by atoms with E-state index in [0.717, 1.165) is 25.0 Å². The molecule has 0 aromatic heterocycles. The summed E-state index contributed by atoms with van der Waals surface area (Å²) in [5, 5.41) is 0.